The van der Waals surface area contributed by atoms with E-state index in [0.717, 1.165) is 16.7 Å². The number of carbonyl (C=O) groups is 2. The number of nitriles is 2. The number of hydrogen-bond donors (Lipinski definition) is 2. The van der Waals surface area contributed by atoms with Crippen molar-refractivity contribution < 1.29 is 14.3 Å². The van der Waals surface area contributed by atoms with E-state index in [4.69, 9.17) is 10.00 Å². The van der Waals surface area contributed by atoms with E-state index in [1.165, 1.54) is 12.3 Å². The number of para-hydroxylation sites is 1. The van der Waals surface area contributed by atoms with Gasteiger partial charge in [0.05, 0.1) is 17.9 Å². The second-order valence-corrected chi connectivity index (χ2v) is 6.11. The topological polar surface area (TPSA) is 115 Å². The lowest BCUT2D eigenvalue weighted by Gasteiger charge is -2.10. The number of anilines is 2. The summed E-state index contributed by atoms with van der Waals surface area (Å²) in [5.74, 6) is -1.22. The highest BCUT2D eigenvalue weighted by atomic mass is 32.2. The molecule has 0 bridgehead atoms. The highest BCUT2D eigenvalue weighted by Gasteiger charge is 2.16. The average molecular weight is 392 g/mol. The number of hydrogen-bond acceptors (Lipinski definition) is 7. The fourth-order valence-electron chi connectivity index (χ4n) is 2.14. The Morgan fingerprint density at radius 1 is 1.14 bits per heavy atom. The molecule has 8 heteroatoms. The van der Waals surface area contributed by atoms with Crippen molar-refractivity contribution in [3.8, 4) is 11.5 Å². The Balaban J connectivity index is 2.12. The molecule has 0 aliphatic carbocycles. The molecule has 0 radical (unpaired) electrons. The first-order valence-electron chi connectivity index (χ1n) is 8.19. The smallest absolute Gasteiger partial charge is 0.340 e. The lowest BCUT2D eigenvalue weighted by atomic mass is 10.1. The molecular formula is C20H16N4O3S. The molecule has 0 unspecified atom stereocenters. The van der Waals surface area contributed by atoms with Gasteiger partial charge in [0.2, 0.25) is 0 Å². The van der Waals surface area contributed by atoms with Gasteiger partial charge >= 0.3 is 5.97 Å². The summed E-state index contributed by atoms with van der Waals surface area (Å²) >= 11 is 1.03. The molecule has 2 N–H and O–H groups in total. The Kier molecular flexibility index (Phi) is 7.64. The Morgan fingerprint density at radius 3 is 2.50 bits per heavy atom. The number of esters is 1. The lowest BCUT2D eigenvalue weighted by Crippen LogP contribution is -2.17. The van der Waals surface area contributed by atoms with Crippen LogP contribution in [0.4, 0.5) is 11.4 Å². The summed E-state index contributed by atoms with van der Waals surface area (Å²) in [4.78, 5) is 25.2. The third kappa shape index (κ3) is 5.63. The summed E-state index contributed by atoms with van der Waals surface area (Å²) in [7, 11) is 0. The van der Waals surface area contributed by atoms with Crippen LogP contribution in [0.3, 0.4) is 0 Å². The standard InChI is InChI=1S/C20H16N4O3S/c1-2-27-20(26)17-5-3-4-6-18(17)24-19(25)14(11-21)12-23-15-7-9-16(10-8-15)28-13-22/h3-10,12,23H,2H2,1H3,(H,24,25)/b14-12-. The van der Waals surface area contributed by atoms with Gasteiger partial charge in [-0.2, -0.15) is 10.5 Å². The second-order valence-electron chi connectivity index (χ2n) is 5.25. The van der Waals surface area contributed by atoms with Crippen LogP contribution in [0.25, 0.3) is 0 Å². The number of amides is 1. The molecule has 0 spiro atoms. The van der Waals surface area contributed by atoms with Gasteiger partial charge in [-0.3, -0.25) is 4.79 Å². The van der Waals surface area contributed by atoms with Crippen LogP contribution in [0.2, 0.25) is 0 Å². The minimum Gasteiger partial charge on any atom is -0.462 e. The average Bonchev–Trinajstić information content (AvgIpc) is 2.70. The van der Waals surface area contributed by atoms with Gasteiger partial charge in [0.15, 0.2) is 0 Å². The van der Waals surface area contributed by atoms with E-state index >= 15 is 0 Å². The highest BCUT2D eigenvalue weighted by Crippen LogP contribution is 2.20. The van der Waals surface area contributed by atoms with Gasteiger partial charge in [-0.05, 0) is 55.1 Å². The summed E-state index contributed by atoms with van der Waals surface area (Å²) in [6.07, 6.45) is 1.27. The van der Waals surface area contributed by atoms with E-state index < -0.39 is 11.9 Å². The molecule has 2 rings (SSSR count). The predicted octanol–water partition coefficient (Wildman–Crippen LogP) is 3.89. The maximum Gasteiger partial charge on any atom is 0.340 e. The first-order chi connectivity index (χ1) is 13.6. The number of thioether (sulfide) groups is 1. The number of benzene rings is 2. The molecule has 140 valence electrons. The number of ether oxygens (including phenoxy) is 1. The molecule has 2 aromatic rings. The van der Waals surface area contributed by atoms with Crippen molar-refractivity contribution in [2.24, 2.45) is 0 Å². The van der Waals surface area contributed by atoms with E-state index in [1.807, 2.05) is 11.5 Å². The number of carbonyl (C=O) groups excluding carboxylic acids is 2. The van der Waals surface area contributed by atoms with Crippen LogP contribution in [-0.2, 0) is 9.53 Å². The molecule has 2 aromatic carbocycles. The molecule has 0 atom stereocenters. The van der Waals surface area contributed by atoms with Gasteiger partial charge in [-0.15, -0.1) is 0 Å². The third-order valence-corrected chi connectivity index (χ3v) is 4.04. The monoisotopic (exact) mass is 392 g/mol. The Morgan fingerprint density at radius 2 is 1.86 bits per heavy atom. The molecule has 0 aromatic heterocycles. The Hall–Kier alpha value is -3.75. The largest absolute Gasteiger partial charge is 0.462 e. The van der Waals surface area contributed by atoms with Crippen LogP contribution >= 0.6 is 11.8 Å². The van der Waals surface area contributed by atoms with Gasteiger partial charge < -0.3 is 15.4 Å². The van der Waals surface area contributed by atoms with Crippen molar-refractivity contribution in [1.29, 1.82) is 10.5 Å². The first-order valence-corrected chi connectivity index (χ1v) is 9.01. The summed E-state index contributed by atoms with van der Waals surface area (Å²) in [6.45, 7) is 1.90. The van der Waals surface area contributed by atoms with E-state index in [0.29, 0.717) is 5.69 Å². The Labute approximate surface area is 166 Å². The van der Waals surface area contributed by atoms with Crippen LogP contribution in [0.1, 0.15) is 17.3 Å². The van der Waals surface area contributed by atoms with Crippen LogP contribution in [0, 0.1) is 22.0 Å². The molecule has 0 aliphatic rings. The Bertz CT molecular complexity index is 972. The van der Waals surface area contributed by atoms with Crippen molar-refractivity contribution in [3.05, 3.63) is 65.9 Å². The molecule has 0 heterocycles. The number of nitrogens with one attached hydrogen (secondary N) is 2. The van der Waals surface area contributed by atoms with Crippen LogP contribution in [0.15, 0.2) is 65.2 Å². The first kappa shape index (κ1) is 20.6. The number of thiocyanates is 1. The van der Waals surface area contributed by atoms with Gasteiger partial charge in [0, 0.05) is 16.8 Å². The van der Waals surface area contributed by atoms with E-state index in [-0.39, 0.29) is 23.4 Å². The van der Waals surface area contributed by atoms with E-state index in [2.05, 4.69) is 10.6 Å². The highest BCUT2D eigenvalue weighted by molar-refractivity contribution is 8.03. The lowest BCUT2D eigenvalue weighted by molar-refractivity contribution is -0.112. The molecule has 0 saturated heterocycles. The molecule has 0 saturated carbocycles. The fraction of sp³-hybridized carbons (Fsp3) is 0.100. The zero-order valence-corrected chi connectivity index (χ0v) is 15.7. The summed E-state index contributed by atoms with van der Waals surface area (Å²) in [5, 5.41) is 25.3. The third-order valence-electron chi connectivity index (χ3n) is 3.44. The normalized spacial score (nSPS) is 10.3. The molecule has 1 amide bonds. The molecule has 7 nitrogen and oxygen atoms in total. The molecule has 28 heavy (non-hydrogen) atoms. The minimum atomic E-state index is -0.664. The minimum absolute atomic E-state index is 0.172. The predicted molar refractivity (Wildman–Crippen MR) is 106 cm³/mol. The SMILES string of the molecule is CCOC(=O)c1ccccc1NC(=O)/C(C#N)=C\Nc1ccc(SC#N)cc1. The van der Waals surface area contributed by atoms with Gasteiger partial charge in [-0.1, -0.05) is 12.1 Å². The summed E-state index contributed by atoms with van der Waals surface area (Å²) < 4.78 is 4.97. The van der Waals surface area contributed by atoms with Crippen molar-refractivity contribution in [2.45, 2.75) is 11.8 Å². The second kappa shape index (κ2) is 10.4. The van der Waals surface area contributed by atoms with Crippen LogP contribution in [0.5, 0.6) is 0 Å². The van der Waals surface area contributed by atoms with E-state index in [9.17, 15) is 14.9 Å². The van der Waals surface area contributed by atoms with Crippen molar-refractivity contribution in [3.63, 3.8) is 0 Å². The molecular weight excluding hydrogens is 376 g/mol. The van der Waals surface area contributed by atoms with E-state index in [1.54, 1.807) is 49.4 Å². The molecule has 0 aliphatic heterocycles. The zero-order chi connectivity index (χ0) is 20.4. The zero-order valence-electron chi connectivity index (χ0n) is 14.9. The van der Waals surface area contributed by atoms with Gasteiger partial charge in [0.1, 0.15) is 17.0 Å². The fourth-order valence-corrected chi connectivity index (χ4v) is 2.52. The van der Waals surface area contributed by atoms with Gasteiger partial charge in [-0.25, -0.2) is 4.79 Å². The van der Waals surface area contributed by atoms with Gasteiger partial charge in [0.25, 0.3) is 5.91 Å². The summed E-state index contributed by atoms with van der Waals surface area (Å²) in [6, 6.07) is 15.1. The maximum atomic E-state index is 12.4. The maximum absolute atomic E-state index is 12.4. The number of nitrogens with zero attached hydrogens (tertiary/aromatic N) is 2. The number of rotatable bonds is 7. The van der Waals surface area contributed by atoms with Crippen molar-refractivity contribution >= 4 is 35.0 Å². The van der Waals surface area contributed by atoms with Crippen molar-refractivity contribution in [1.82, 2.24) is 0 Å². The van der Waals surface area contributed by atoms with Crippen LogP contribution < -0.4 is 10.6 Å². The summed E-state index contributed by atoms with van der Waals surface area (Å²) in [5.41, 5.74) is 0.933. The molecule has 0 fully saturated rings. The van der Waals surface area contributed by atoms with Crippen molar-refractivity contribution in [2.75, 3.05) is 17.2 Å². The van der Waals surface area contributed by atoms with Crippen LogP contribution in [-0.4, -0.2) is 18.5 Å². The quantitative estimate of drug-likeness (QED) is 0.241.